The van der Waals surface area contributed by atoms with Crippen LogP contribution in [0.25, 0.3) is 0 Å². The van der Waals surface area contributed by atoms with E-state index in [2.05, 4.69) is 0 Å². The van der Waals surface area contributed by atoms with Crippen molar-refractivity contribution in [1.82, 2.24) is 4.31 Å². The maximum absolute atomic E-state index is 12.6. The lowest BCUT2D eigenvalue weighted by Crippen LogP contribution is -2.41. The number of hydrogen-bond acceptors (Lipinski definition) is 4. The molecule has 2 N–H and O–H groups in total. The summed E-state index contributed by atoms with van der Waals surface area (Å²) in [7, 11) is -3.57. The normalized spacial score (nSPS) is 17.0. The summed E-state index contributed by atoms with van der Waals surface area (Å²) in [6, 6.07) is 4.36. The molecular weight excluding hydrogens is 383 g/mol. The Kier molecular flexibility index (Phi) is 8.58. The summed E-state index contributed by atoms with van der Waals surface area (Å²) >= 11 is 11.8. The predicted octanol–water partition coefficient (Wildman–Crippen LogP) is 2.93. The fourth-order valence-electron chi connectivity index (χ4n) is 2.40. The molecule has 1 aromatic carbocycles. The molecule has 0 aromatic heterocycles. The zero-order chi connectivity index (χ0) is 16.2. The van der Waals surface area contributed by atoms with E-state index in [1.54, 1.807) is 0 Å². The molecule has 1 saturated heterocycles. The van der Waals surface area contributed by atoms with Gasteiger partial charge in [0.05, 0.1) is 11.0 Å². The third-order valence-corrected chi connectivity index (χ3v) is 5.89. The highest BCUT2D eigenvalue weighted by Crippen LogP contribution is 2.27. The number of rotatable bonds is 6. The summed E-state index contributed by atoms with van der Waals surface area (Å²) in [6.07, 6.45) is 2.27. The number of nitrogens with two attached hydrogens (primary N) is 1. The van der Waals surface area contributed by atoms with E-state index in [4.69, 9.17) is 33.7 Å². The molecule has 132 valence electrons. The molecule has 1 fully saturated rings. The van der Waals surface area contributed by atoms with Crippen molar-refractivity contribution in [3.05, 3.63) is 28.2 Å². The van der Waals surface area contributed by atoms with Crippen LogP contribution >= 0.6 is 35.6 Å². The van der Waals surface area contributed by atoms with E-state index in [1.807, 2.05) is 0 Å². The molecule has 0 atom stereocenters. The second-order valence-corrected chi connectivity index (χ2v) is 8.03. The summed E-state index contributed by atoms with van der Waals surface area (Å²) in [5.41, 5.74) is 5.42. The highest BCUT2D eigenvalue weighted by molar-refractivity contribution is 7.89. The van der Waals surface area contributed by atoms with E-state index >= 15 is 0 Å². The van der Waals surface area contributed by atoms with Crippen LogP contribution in [0.4, 0.5) is 0 Å². The Morgan fingerprint density at radius 2 is 1.74 bits per heavy atom. The standard InChI is InChI=1S/C14H20Cl2N2O3S.ClH/c15-11-8-12(16)10-14(9-11)22(19,20)18-5-2-13(3-6-18)21-7-1-4-17;/h8-10,13H,1-7,17H2;1H. The van der Waals surface area contributed by atoms with Gasteiger partial charge in [0.2, 0.25) is 10.0 Å². The van der Waals surface area contributed by atoms with Crippen molar-refractivity contribution in [2.75, 3.05) is 26.2 Å². The van der Waals surface area contributed by atoms with E-state index in [-0.39, 0.29) is 23.4 Å². The zero-order valence-electron chi connectivity index (χ0n) is 12.6. The summed E-state index contributed by atoms with van der Waals surface area (Å²) in [5.74, 6) is 0. The minimum atomic E-state index is -3.57. The minimum absolute atomic E-state index is 0. The number of piperidine rings is 1. The van der Waals surface area contributed by atoms with Gasteiger partial charge < -0.3 is 10.5 Å². The van der Waals surface area contributed by atoms with Gasteiger partial charge in [-0.3, -0.25) is 0 Å². The first-order valence-corrected chi connectivity index (χ1v) is 9.41. The first-order chi connectivity index (χ1) is 10.4. The lowest BCUT2D eigenvalue weighted by molar-refractivity contribution is 0.0209. The number of halogens is 3. The number of ether oxygens (including phenoxy) is 1. The van der Waals surface area contributed by atoms with E-state index in [0.29, 0.717) is 49.1 Å². The lowest BCUT2D eigenvalue weighted by Gasteiger charge is -2.31. The topological polar surface area (TPSA) is 72.6 Å². The second kappa shape index (κ2) is 9.42. The molecular formula is C14H21Cl3N2O3S. The van der Waals surface area contributed by atoms with Crippen LogP contribution in [0.15, 0.2) is 23.1 Å². The van der Waals surface area contributed by atoms with Crippen LogP contribution in [-0.2, 0) is 14.8 Å². The molecule has 0 unspecified atom stereocenters. The fourth-order valence-corrected chi connectivity index (χ4v) is 4.60. The van der Waals surface area contributed by atoms with Crippen LogP contribution in [0, 0.1) is 0 Å². The molecule has 1 aliphatic heterocycles. The molecule has 2 rings (SSSR count). The molecule has 0 spiro atoms. The molecule has 9 heteroatoms. The van der Waals surface area contributed by atoms with Crippen molar-refractivity contribution in [3.63, 3.8) is 0 Å². The maximum Gasteiger partial charge on any atom is 0.243 e. The van der Waals surface area contributed by atoms with Gasteiger partial charge in [-0.15, -0.1) is 12.4 Å². The Balaban J connectivity index is 0.00000264. The minimum Gasteiger partial charge on any atom is -0.378 e. The van der Waals surface area contributed by atoms with Gasteiger partial charge in [-0.05, 0) is 44.0 Å². The largest absolute Gasteiger partial charge is 0.378 e. The predicted molar refractivity (Wildman–Crippen MR) is 95.1 cm³/mol. The van der Waals surface area contributed by atoms with Crippen LogP contribution in [0.3, 0.4) is 0 Å². The molecule has 0 aliphatic carbocycles. The Hall–Kier alpha value is -0.0800. The molecule has 1 aliphatic rings. The lowest BCUT2D eigenvalue weighted by atomic mass is 10.1. The fraction of sp³-hybridized carbons (Fsp3) is 0.571. The van der Waals surface area contributed by atoms with Crippen LogP contribution in [0.2, 0.25) is 10.0 Å². The first kappa shape index (κ1) is 21.0. The molecule has 0 saturated carbocycles. The van der Waals surface area contributed by atoms with Gasteiger partial charge in [0, 0.05) is 29.7 Å². The SMILES string of the molecule is Cl.NCCCOC1CCN(S(=O)(=O)c2cc(Cl)cc(Cl)c2)CC1. The summed E-state index contributed by atoms with van der Waals surface area (Å²) in [5, 5.41) is 0.622. The number of hydrogen-bond donors (Lipinski definition) is 1. The molecule has 1 aromatic rings. The average Bonchev–Trinajstić information content (AvgIpc) is 2.47. The smallest absolute Gasteiger partial charge is 0.243 e. The summed E-state index contributed by atoms with van der Waals surface area (Å²) in [4.78, 5) is 0.132. The van der Waals surface area contributed by atoms with Gasteiger partial charge in [-0.1, -0.05) is 23.2 Å². The van der Waals surface area contributed by atoms with Crippen molar-refractivity contribution in [1.29, 1.82) is 0 Å². The third-order valence-electron chi connectivity index (χ3n) is 3.58. The Morgan fingerprint density at radius 1 is 1.17 bits per heavy atom. The zero-order valence-corrected chi connectivity index (χ0v) is 15.7. The van der Waals surface area contributed by atoms with Gasteiger partial charge >= 0.3 is 0 Å². The number of nitrogens with zero attached hydrogens (tertiary/aromatic N) is 1. The number of benzene rings is 1. The third kappa shape index (κ3) is 5.74. The molecule has 23 heavy (non-hydrogen) atoms. The highest BCUT2D eigenvalue weighted by Gasteiger charge is 2.30. The molecule has 0 radical (unpaired) electrons. The van der Waals surface area contributed by atoms with Gasteiger partial charge in [-0.2, -0.15) is 4.31 Å². The Labute approximate surface area is 153 Å². The molecule has 5 nitrogen and oxygen atoms in total. The quantitative estimate of drug-likeness (QED) is 0.741. The van der Waals surface area contributed by atoms with Crippen LogP contribution < -0.4 is 5.73 Å². The van der Waals surface area contributed by atoms with Crippen LogP contribution in [0.5, 0.6) is 0 Å². The number of sulfonamides is 1. The van der Waals surface area contributed by atoms with E-state index in [9.17, 15) is 8.42 Å². The van der Waals surface area contributed by atoms with Crippen LogP contribution in [0.1, 0.15) is 19.3 Å². The van der Waals surface area contributed by atoms with Gasteiger partial charge in [0.25, 0.3) is 0 Å². The Bertz CT molecular complexity index is 585. The van der Waals surface area contributed by atoms with Crippen molar-refractivity contribution < 1.29 is 13.2 Å². The van der Waals surface area contributed by atoms with Crippen molar-refractivity contribution in [3.8, 4) is 0 Å². The van der Waals surface area contributed by atoms with Gasteiger partial charge in [-0.25, -0.2) is 8.42 Å². The van der Waals surface area contributed by atoms with E-state index in [0.717, 1.165) is 6.42 Å². The van der Waals surface area contributed by atoms with Gasteiger partial charge in [0.1, 0.15) is 0 Å². The van der Waals surface area contributed by atoms with Crippen molar-refractivity contribution in [2.45, 2.75) is 30.3 Å². The summed E-state index contributed by atoms with van der Waals surface area (Å²) < 4.78 is 32.4. The van der Waals surface area contributed by atoms with Crippen molar-refractivity contribution >= 4 is 45.6 Å². The van der Waals surface area contributed by atoms with Gasteiger partial charge in [0.15, 0.2) is 0 Å². The molecule has 0 bridgehead atoms. The molecule has 1 heterocycles. The second-order valence-electron chi connectivity index (χ2n) is 5.22. The van der Waals surface area contributed by atoms with E-state index in [1.165, 1.54) is 22.5 Å². The highest BCUT2D eigenvalue weighted by atomic mass is 35.5. The summed E-state index contributed by atoms with van der Waals surface area (Å²) in [6.45, 7) is 2.08. The first-order valence-electron chi connectivity index (χ1n) is 7.21. The van der Waals surface area contributed by atoms with Crippen molar-refractivity contribution in [2.24, 2.45) is 5.73 Å². The maximum atomic E-state index is 12.6. The Morgan fingerprint density at radius 3 is 2.26 bits per heavy atom. The monoisotopic (exact) mass is 402 g/mol. The average molecular weight is 404 g/mol. The van der Waals surface area contributed by atoms with Crippen LogP contribution in [-0.4, -0.2) is 45.1 Å². The molecule has 0 amide bonds. The van der Waals surface area contributed by atoms with E-state index < -0.39 is 10.0 Å².